The number of benzene rings is 2. The molecule has 0 radical (unpaired) electrons. The van der Waals surface area contributed by atoms with E-state index in [1.807, 2.05) is 18.2 Å². The molecule has 1 atom stereocenters. The van der Waals surface area contributed by atoms with E-state index in [0.29, 0.717) is 5.56 Å². The fourth-order valence-corrected chi connectivity index (χ4v) is 2.30. The van der Waals surface area contributed by atoms with Crippen molar-refractivity contribution in [2.75, 3.05) is 7.11 Å². The van der Waals surface area contributed by atoms with Crippen molar-refractivity contribution in [3.8, 4) is 5.75 Å². The van der Waals surface area contributed by atoms with Gasteiger partial charge in [-0.25, -0.2) is 4.39 Å². The minimum atomic E-state index is -0.345. The average Bonchev–Trinajstić information content (AvgIpc) is 2.48. The molecule has 20 heavy (non-hydrogen) atoms. The first kappa shape index (κ1) is 14.5. The first-order valence-electron chi connectivity index (χ1n) is 6.84. The molecule has 3 heteroatoms. The van der Waals surface area contributed by atoms with Crippen LogP contribution in [0.2, 0.25) is 0 Å². The fourth-order valence-electron chi connectivity index (χ4n) is 2.30. The van der Waals surface area contributed by atoms with Gasteiger partial charge in [-0.15, -0.1) is 0 Å². The topological polar surface area (TPSA) is 35.2 Å². The normalized spacial score (nSPS) is 12.2. The van der Waals surface area contributed by atoms with Gasteiger partial charge in [0.25, 0.3) is 0 Å². The lowest BCUT2D eigenvalue weighted by Crippen LogP contribution is -2.13. The van der Waals surface area contributed by atoms with Crippen LogP contribution in [0.3, 0.4) is 0 Å². The minimum Gasteiger partial charge on any atom is -0.494 e. The lowest BCUT2D eigenvalue weighted by Gasteiger charge is -2.14. The van der Waals surface area contributed by atoms with E-state index < -0.39 is 0 Å². The summed E-state index contributed by atoms with van der Waals surface area (Å²) in [6, 6.07) is 15.0. The Morgan fingerprint density at radius 2 is 1.85 bits per heavy atom. The summed E-state index contributed by atoms with van der Waals surface area (Å²) in [6.45, 7) is 0. The average molecular weight is 273 g/mol. The van der Waals surface area contributed by atoms with Crippen LogP contribution < -0.4 is 10.5 Å². The quantitative estimate of drug-likeness (QED) is 0.867. The van der Waals surface area contributed by atoms with Crippen LogP contribution >= 0.6 is 0 Å². The molecular weight excluding hydrogens is 253 g/mol. The lowest BCUT2D eigenvalue weighted by atomic mass is 9.99. The molecule has 0 bridgehead atoms. The molecule has 2 N–H and O–H groups in total. The first-order valence-corrected chi connectivity index (χ1v) is 6.84. The largest absolute Gasteiger partial charge is 0.494 e. The highest BCUT2D eigenvalue weighted by Crippen LogP contribution is 2.26. The van der Waals surface area contributed by atoms with Crippen molar-refractivity contribution in [3.63, 3.8) is 0 Å². The van der Waals surface area contributed by atoms with Crippen molar-refractivity contribution in [1.29, 1.82) is 0 Å². The van der Waals surface area contributed by atoms with Gasteiger partial charge in [0.1, 0.15) is 0 Å². The molecule has 0 spiro atoms. The van der Waals surface area contributed by atoms with Crippen molar-refractivity contribution in [3.05, 3.63) is 65.5 Å². The van der Waals surface area contributed by atoms with Crippen LogP contribution in [0.15, 0.2) is 48.5 Å². The second kappa shape index (κ2) is 7.06. The molecule has 0 aromatic heterocycles. The standard InChI is InChI=1S/C17H20FNO/c1-20-16-12-6-10-14(17(16)18)15(19)11-5-9-13-7-3-2-4-8-13/h2-4,6-8,10,12,15H,5,9,11,19H2,1H3. The summed E-state index contributed by atoms with van der Waals surface area (Å²) in [6.07, 6.45) is 2.64. The number of halogens is 1. The van der Waals surface area contributed by atoms with E-state index in [1.165, 1.54) is 12.7 Å². The Labute approximate surface area is 119 Å². The molecule has 2 rings (SSSR count). The monoisotopic (exact) mass is 273 g/mol. The van der Waals surface area contributed by atoms with Crippen LogP contribution in [0.5, 0.6) is 5.75 Å². The Morgan fingerprint density at radius 3 is 2.55 bits per heavy atom. The van der Waals surface area contributed by atoms with Gasteiger partial charge < -0.3 is 10.5 Å². The van der Waals surface area contributed by atoms with E-state index in [0.717, 1.165) is 19.3 Å². The van der Waals surface area contributed by atoms with E-state index in [2.05, 4.69) is 12.1 Å². The molecular formula is C17H20FNO. The van der Waals surface area contributed by atoms with E-state index in [1.54, 1.807) is 18.2 Å². The van der Waals surface area contributed by atoms with E-state index in [-0.39, 0.29) is 17.6 Å². The summed E-state index contributed by atoms with van der Waals surface area (Å²) in [5, 5.41) is 0. The van der Waals surface area contributed by atoms with Gasteiger partial charge in [-0.1, -0.05) is 42.5 Å². The Bertz CT molecular complexity index is 542. The van der Waals surface area contributed by atoms with Crippen molar-refractivity contribution >= 4 is 0 Å². The number of methoxy groups -OCH3 is 1. The van der Waals surface area contributed by atoms with Gasteiger partial charge in [-0.3, -0.25) is 0 Å². The molecule has 2 aromatic carbocycles. The maximum Gasteiger partial charge on any atom is 0.169 e. The van der Waals surface area contributed by atoms with Crippen LogP contribution in [0.1, 0.15) is 30.0 Å². The highest BCUT2D eigenvalue weighted by molar-refractivity contribution is 5.32. The second-order valence-corrected chi connectivity index (χ2v) is 4.85. The molecule has 0 saturated heterocycles. The van der Waals surface area contributed by atoms with Gasteiger partial charge >= 0.3 is 0 Å². The molecule has 0 saturated carbocycles. The number of aryl methyl sites for hydroxylation is 1. The van der Waals surface area contributed by atoms with Crippen LogP contribution in [-0.4, -0.2) is 7.11 Å². The van der Waals surface area contributed by atoms with E-state index in [4.69, 9.17) is 10.5 Å². The summed E-state index contributed by atoms with van der Waals surface area (Å²) in [5.41, 5.74) is 7.90. The Hall–Kier alpha value is -1.87. The molecule has 0 fully saturated rings. The van der Waals surface area contributed by atoms with Crippen LogP contribution in [0, 0.1) is 5.82 Å². The van der Waals surface area contributed by atoms with E-state index >= 15 is 0 Å². The van der Waals surface area contributed by atoms with Crippen LogP contribution in [0.4, 0.5) is 4.39 Å². The zero-order chi connectivity index (χ0) is 14.4. The van der Waals surface area contributed by atoms with Crippen LogP contribution in [-0.2, 0) is 6.42 Å². The summed E-state index contributed by atoms with van der Waals surface area (Å²) in [5.74, 6) is -0.0942. The molecule has 1 unspecified atom stereocenters. The smallest absolute Gasteiger partial charge is 0.169 e. The Balaban J connectivity index is 1.93. The summed E-state index contributed by atoms with van der Waals surface area (Å²) >= 11 is 0. The number of rotatable bonds is 6. The van der Waals surface area contributed by atoms with Gasteiger partial charge in [-0.05, 0) is 30.9 Å². The molecule has 0 aliphatic heterocycles. The minimum absolute atomic E-state index is 0.251. The molecule has 0 amide bonds. The number of hydrogen-bond acceptors (Lipinski definition) is 2. The van der Waals surface area contributed by atoms with Gasteiger partial charge in [0.2, 0.25) is 0 Å². The lowest BCUT2D eigenvalue weighted by molar-refractivity contribution is 0.381. The van der Waals surface area contributed by atoms with Crippen molar-refractivity contribution < 1.29 is 9.13 Å². The molecule has 106 valence electrons. The second-order valence-electron chi connectivity index (χ2n) is 4.85. The molecule has 0 heterocycles. The zero-order valence-electron chi connectivity index (χ0n) is 11.7. The summed E-state index contributed by atoms with van der Waals surface area (Å²) < 4.78 is 19.0. The number of ether oxygens (including phenoxy) is 1. The molecule has 2 nitrogen and oxygen atoms in total. The highest BCUT2D eigenvalue weighted by atomic mass is 19.1. The van der Waals surface area contributed by atoms with Crippen LogP contribution in [0.25, 0.3) is 0 Å². The first-order chi connectivity index (χ1) is 9.72. The molecule has 0 aliphatic rings. The Morgan fingerprint density at radius 1 is 1.10 bits per heavy atom. The SMILES string of the molecule is COc1cccc(C(N)CCCc2ccccc2)c1F. The van der Waals surface area contributed by atoms with Gasteiger partial charge in [0.15, 0.2) is 11.6 Å². The van der Waals surface area contributed by atoms with Crippen molar-refractivity contribution in [2.24, 2.45) is 5.73 Å². The van der Waals surface area contributed by atoms with Crippen molar-refractivity contribution in [1.82, 2.24) is 0 Å². The number of nitrogens with two attached hydrogens (primary N) is 1. The third-order valence-electron chi connectivity index (χ3n) is 3.44. The summed E-state index contributed by atoms with van der Waals surface area (Å²) in [4.78, 5) is 0. The van der Waals surface area contributed by atoms with E-state index in [9.17, 15) is 4.39 Å². The van der Waals surface area contributed by atoms with Gasteiger partial charge in [0, 0.05) is 11.6 Å². The summed E-state index contributed by atoms with van der Waals surface area (Å²) in [7, 11) is 1.46. The third-order valence-corrected chi connectivity index (χ3v) is 3.44. The maximum absolute atomic E-state index is 14.1. The predicted molar refractivity (Wildman–Crippen MR) is 79.3 cm³/mol. The maximum atomic E-state index is 14.1. The third kappa shape index (κ3) is 3.58. The number of hydrogen-bond donors (Lipinski definition) is 1. The molecule has 0 aliphatic carbocycles. The van der Waals surface area contributed by atoms with Crippen molar-refractivity contribution in [2.45, 2.75) is 25.3 Å². The van der Waals surface area contributed by atoms with Gasteiger partial charge in [-0.2, -0.15) is 0 Å². The molecule has 2 aromatic rings. The predicted octanol–water partition coefficient (Wildman–Crippen LogP) is 3.86. The fraction of sp³-hybridized carbons (Fsp3) is 0.294. The highest BCUT2D eigenvalue weighted by Gasteiger charge is 2.14. The van der Waals surface area contributed by atoms with Gasteiger partial charge in [0.05, 0.1) is 7.11 Å². The Kier molecular flexibility index (Phi) is 5.13. The zero-order valence-corrected chi connectivity index (χ0v) is 11.7.